The molecule has 1 aromatic heterocycles. The fraction of sp³-hybridized carbons (Fsp3) is 0.857. The molecule has 11 nitrogen and oxygen atoms in total. The minimum Gasteiger partial charge on any atom is -0.361 e. The molecule has 35 heavy (non-hydrogen) atoms. The number of aryl methyl sites for hydroxylation is 2. The summed E-state index contributed by atoms with van der Waals surface area (Å²) >= 11 is 6.17. The van der Waals surface area contributed by atoms with Crippen LogP contribution in [-0.4, -0.2) is 85.6 Å². The van der Waals surface area contributed by atoms with Crippen LogP contribution < -0.4 is 9.96 Å². The molecular weight excluding hydrogens is 510 g/mol. The first-order valence-corrected chi connectivity index (χ1v) is 16.5. The number of hydrogen-bond donors (Lipinski definition) is 2. The van der Waals surface area contributed by atoms with Gasteiger partial charge in [-0.1, -0.05) is 0 Å². The van der Waals surface area contributed by atoms with Gasteiger partial charge in [-0.15, -0.1) is 0 Å². The van der Waals surface area contributed by atoms with Crippen molar-refractivity contribution in [2.75, 3.05) is 52.7 Å². The van der Waals surface area contributed by atoms with Crippen LogP contribution in [-0.2, 0) is 39.4 Å². The molecule has 2 N–H and O–H groups in total. The fourth-order valence-corrected chi connectivity index (χ4v) is 7.89. The molecule has 0 aliphatic heterocycles. The van der Waals surface area contributed by atoms with Gasteiger partial charge >= 0.3 is 17.9 Å². The summed E-state index contributed by atoms with van der Waals surface area (Å²) < 4.78 is 34.9. The Morgan fingerprint density at radius 2 is 0.886 bits per heavy atom. The molecule has 0 aliphatic carbocycles. The zero-order chi connectivity index (χ0) is 26.0. The first kappa shape index (κ1) is 32.4. The topological polar surface area (TPSA) is 118 Å². The zero-order valence-corrected chi connectivity index (χ0v) is 24.9. The third-order valence-corrected chi connectivity index (χ3v) is 10.1. The Hall–Kier alpha value is -0.586. The van der Waals surface area contributed by atoms with Gasteiger partial charge in [0.1, 0.15) is 11.6 Å². The van der Waals surface area contributed by atoms with Crippen LogP contribution in [0.3, 0.4) is 0 Å². The van der Waals surface area contributed by atoms with Crippen molar-refractivity contribution in [3.63, 3.8) is 0 Å². The number of nitrogens with one attached hydrogen (secondary N) is 2. The van der Waals surface area contributed by atoms with E-state index in [2.05, 4.69) is 24.9 Å². The highest BCUT2D eigenvalue weighted by Crippen LogP contribution is 2.10. The molecule has 1 rings (SSSR count). The predicted octanol–water partition coefficient (Wildman–Crippen LogP) is 2.66. The molecule has 0 aliphatic rings. The minimum absolute atomic E-state index is 0.203. The lowest BCUT2D eigenvalue weighted by molar-refractivity contribution is 0.0591. The lowest BCUT2D eigenvalue weighted by Crippen LogP contribution is -2.59. The second-order valence-corrected chi connectivity index (χ2v) is 12.2. The lowest BCUT2D eigenvalue weighted by atomic mass is 10.3. The molecule has 0 spiro atoms. The predicted molar refractivity (Wildman–Crippen MR) is 139 cm³/mol. The van der Waals surface area contributed by atoms with E-state index in [1.807, 2.05) is 41.5 Å². The SMILES string of the molecule is CCO[Si](NCCCc1nc(Cl)nc(CCCN[Si](OCC)(OCC)OCC)n1)(OCC)OCC. The van der Waals surface area contributed by atoms with Crippen molar-refractivity contribution in [2.45, 2.75) is 67.2 Å². The van der Waals surface area contributed by atoms with Crippen LogP contribution >= 0.6 is 11.6 Å². The largest absolute Gasteiger partial charge is 0.596 e. The molecule has 0 amide bonds. The zero-order valence-electron chi connectivity index (χ0n) is 22.2. The van der Waals surface area contributed by atoms with E-state index in [0.717, 1.165) is 12.8 Å². The van der Waals surface area contributed by atoms with Gasteiger partial charge in [0.15, 0.2) is 0 Å². The van der Waals surface area contributed by atoms with Crippen molar-refractivity contribution in [2.24, 2.45) is 0 Å². The molecule has 0 aromatic carbocycles. The highest BCUT2D eigenvalue weighted by Gasteiger charge is 2.41. The summed E-state index contributed by atoms with van der Waals surface area (Å²) in [6.07, 6.45) is 2.83. The third-order valence-electron chi connectivity index (χ3n) is 4.54. The van der Waals surface area contributed by atoms with Crippen molar-refractivity contribution >= 4 is 29.5 Å². The van der Waals surface area contributed by atoms with Gasteiger partial charge in [0, 0.05) is 52.5 Å². The van der Waals surface area contributed by atoms with Gasteiger partial charge in [-0.3, -0.25) is 9.96 Å². The number of nitrogens with zero attached hydrogens (tertiary/aromatic N) is 3. The Balaban J connectivity index is 2.60. The second kappa shape index (κ2) is 18.6. The van der Waals surface area contributed by atoms with Crippen molar-refractivity contribution in [3.05, 3.63) is 16.9 Å². The summed E-state index contributed by atoms with van der Waals surface area (Å²) in [6, 6.07) is 0. The van der Waals surface area contributed by atoms with Crippen molar-refractivity contribution < 1.29 is 26.6 Å². The Kier molecular flexibility index (Phi) is 17.3. The summed E-state index contributed by atoms with van der Waals surface area (Å²) in [5, 5.41) is 0.203. The van der Waals surface area contributed by atoms with Gasteiger partial charge in [-0.25, -0.2) is 15.0 Å². The molecule has 0 radical (unpaired) electrons. The van der Waals surface area contributed by atoms with Crippen LogP contribution in [0.25, 0.3) is 0 Å². The van der Waals surface area contributed by atoms with Gasteiger partial charge in [0.2, 0.25) is 5.28 Å². The fourth-order valence-electron chi connectivity index (χ4n) is 3.33. The van der Waals surface area contributed by atoms with Crippen LogP contribution in [0.5, 0.6) is 0 Å². The van der Waals surface area contributed by atoms with Crippen LogP contribution in [0, 0.1) is 0 Å². The first-order chi connectivity index (χ1) is 16.9. The third kappa shape index (κ3) is 12.5. The molecule has 204 valence electrons. The van der Waals surface area contributed by atoms with Crippen LogP contribution in [0.2, 0.25) is 5.28 Å². The van der Waals surface area contributed by atoms with Gasteiger partial charge in [0.25, 0.3) is 0 Å². The molecule has 1 aromatic rings. The Labute approximate surface area is 217 Å². The van der Waals surface area contributed by atoms with Crippen molar-refractivity contribution in [3.8, 4) is 0 Å². The molecule has 0 unspecified atom stereocenters. The van der Waals surface area contributed by atoms with E-state index in [9.17, 15) is 0 Å². The lowest BCUT2D eigenvalue weighted by Gasteiger charge is -2.28. The maximum Gasteiger partial charge on any atom is 0.596 e. The van der Waals surface area contributed by atoms with E-state index in [0.29, 0.717) is 77.2 Å². The van der Waals surface area contributed by atoms with E-state index in [4.69, 9.17) is 38.2 Å². The van der Waals surface area contributed by atoms with Crippen molar-refractivity contribution in [1.82, 2.24) is 24.9 Å². The quantitative estimate of drug-likeness (QED) is 0.163. The summed E-state index contributed by atoms with van der Waals surface area (Å²) in [6.45, 7) is 16.0. The maximum absolute atomic E-state index is 6.17. The summed E-state index contributed by atoms with van der Waals surface area (Å²) in [5.74, 6) is 1.32. The monoisotopic (exact) mass is 553 g/mol. The molecule has 1 heterocycles. The summed E-state index contributed by atoms with van der Waals surface area (Å²) in [5.41, 5.74) is 0. The number of hydrogen-bond acceptors (Lipinski definition) is 11. The highest BCUT2D eigenvalue weighted by atomic mass is 35.5. The summed E-state index contributed by atoms with van der Waals surface area (Å²) in [7, 11) is -5.75. The van der Waals surface area contributed by atoms with Crippen LogP contribution in [0.4, 0.5) is 0 Å². The molecule has 0 fully saturated rings. The average Bonchev–Trinajstić information content (AvgIpc) is 2.80. The standard InChI is InChI=1S/C21H44ClN5O6Si2/c1-7-28-34(29-8-2,30-9-3)23-17-13-15-19-25-20(27-21(22)26-19)16-14-18-24-35(31-10-4,32-11-5)33-12-6/h23-24H,7-18H2,1-6H3. The highest BCUT2D eigenvalue weighted by molar-refractivity contribution is 6.58. The van der Waals surface area contributed by atoms with Gasteiger partial charge in [-0.05, 0) is 79.1 Å². The molecule has 0 atom stereocenters. The maximum atomic E-state index is 6.17. The van der Waals surface area contributed by atoms with Gasteiger partial charge < -0.3 is 26.6 Å². The second-order valence-electron chi connectivity index (χ2n) is 7.21. The van der Waals surface area contributed by atoms with E-state index in [1.54, 1.807) is 0 Å². The Morgan fingerprint density at radius 1 is 0.571 bits per heavy atom. The number of aromatic nitrogens is 3. The normalized spacial score (nSPS) is 12.4. The molecule has 0 saturated carbocycles. The van der Waals surface area contributed by atoms with Crippen molar-refractivity contribution in [1.29, 1.82) is 0 Å². The van der Waals surface area contributed by atoms with Gasteiger partial charge in [0.05, 0.1) is 0 Å². The average molecular weight is 554 g/mol. The van der Waals surface area contributed by atoms with E-state index in [-0.39, 0.29) is 5.28 Å². The molecule has 0 bridgehead atoms. The van der Waals surface area contributed by atoms with E-state index >= 15 is 0 Å². The number of rotatable bonds is 22. The first-order valence-electron chi connectivity index (χ1n) is 12.6. The molecular formula is C21H44ClN5O6Si2. The summed E-state index contributed by atoms with van der Waals surface area (Å²) in [4.78, 5) is 19.9. The smallest absolute Gasteiger partial charge is 0.361 e. The number of halogens is 1. The van der Waals surface area contributed by atoms with Crippen LogP contribution in [0.15, 0.2) is 0 Å². The van der Waals surface area contributed by atoms with E-state index < -0.39 is 17.9 Å². The minimum atomic E-state index is -2.87. The molecule has 14 heteroatoms. The van der Waals surface area contributed by atoms with Crippen LogP contribution in [0.1, 0.15) is 66.0 Å². The Bertz CT molecular complexity index is 611. The van der Waals surface area contributed by atoms with Gasteiger partial charge in [-0.2, -0.15) is 0 Å². The molecule has 0 saturated heterocycles. The van der Waals surface area contributed by atoms with E-state index in [1.165, 1.54) is 0 Å². The Morgan fingerprint density at radius 3 is 1.17 bits per heavy atom.